The van der Waals surface area contributed by atoms with Gasteiger partial charge >= 0.3 is 6.03 Å². The number of amides is 4. The maximum absolute atomic E-state index is 11.4. The quantitative estimate of drug-likeness (QED) is 0.644. The van der Waals surface area contributed by atoms with Crippen LogP contribution < -0.4 is 10.6 Å². The van der Waals surface area contributed by atoms with E-state index in [0.717, 1.165) is 10.0 Å². The molecule has 0 aromatic heterocycles. The average molecular weight is 321 g/mol. The molecule has 0 saturated carbocycles. The number of allylic oxidation sites excluding steroid dienone is 2. The van der Waals surface area contributed by atoms with Crippen molar-refractivity contribution in [2.45, 2.75) is 0 Å². The Morgan fingerprint density at radius 3 is 2.11 bits per heavy atom. The summed E-state index contributed by atoms with van der Waals surface area (Å²) in [5.74, 6) is -1.40. The van der Waals surface area contributed by atoms with Crippen molar-refractivity contribution in [2.75, 3.05) is 0 Å². The lowest BCUT2D eigenvalue weighted by Gasteiger charge is -2.12. The number of carbonyl (C=O) groups is 3. The third-order valence-electron chi connectivity index (χ3n) is 2.36. The molecule has 2 N–H and O–H groups in total. The van der Waals surface area contributed by atoms with Gasteiger partial charge in [0.15, 0.2) is 0 Å². The highest BCUT2D eigenvalue weighted by Gasteiger charge is 2.26. The van der Waals surface area contributed by atoms with Gasteiger partial charge in [-0.15, -0.1) is 0 Å². The molecule has 19 heavy (non-hydrogen) atoms. The standard InChI is InChI=1S/C13H9BrN2O3/c14-9-6-4-8(5-7-9)2-1-3-10-11(17)15-13(19)16-12(10)18/h1-7H,(H2,15,16,17,18,19)/b2-1+. The van der Waals surface area contributed by atoms with E-state index in [0.29, 0.717) is 0 Å². The molecule has 1 fully saturated rings. The molecule has 4 amide bonds. The first-order chi connectivity index (χ1) is 9.06. The molecule has 1 heterocycles. The van der Waals surface area contributed by atoms with E-state index in [-0.39, 0.29) is 5.57 Å². The van der Waals surface area contributed by atoms with E-state index in [2.05, 4.69) is 15.9 Å². The molecule has 2 rings (SSSR count). The Bertz CT molecular complexity index is 581. The zero-order valence-electron chi connectivity index (χ0n) is 9.64. The Morgan fingerprint density at radius 1 is 0.947 bits per heavy atom. The zero-order valence-corrected chi connectivity index (χ0v) is 11.2. The molecule has 0 atom stereocenters. The molecule has 5 nitrogen and oxygen atoms in total. The molecule has 6 heteroatoms. The molecule has 96 valence electrons. The first-order valence-corrected chi connectivity index (χ1v) is 6.16. The van der Waals surface area contributed by atoms with Crippen LogP contribution in [0.5, 0.6) is 0 Å². The molecule has 0 radical (unpaired) electrons. The molecular weight excluding hydrogens is 312 g/mol. The molecule has 1 aromatic rings. The lowest BCUT2D eigenvalue weighted by Crippen LogP contribution is -2.51. The fraction of sp³-hybridized carbons (Fsp3) is 0. The molecular formula is C13H9BrN2O3. The van der Waals surface area contributed by atoms with E-state index in [9.17, 15) is 14.4 Å². The van der Waals surface area contributed by atoms with Crippen LogP contribution in [0.25, 0.3) is 6.08 Å². The first-order valence-electron chi connectivity index (χ1n) is 5.37. The van der Waals surface area contributed by atoms with Crippen molar-refractivity contribution in [2.24, 2.45) is 0 Å². The lowest BCUT2D eigenvalue weighted by atomic mass is 10.1. The van der Waals surface area contributed by atoms with Crippen LogP contribution >= 0.6 is 15.9 Å². The van der Waals surface area contributed by atoms with E-state index in [1.165, 1.54) is 6.08 Å². The van der Waals surface area contributed by atoms with E-state index >= 15 is 0 Å². The summed E-state index contributed by atoms with van der Waals surface area (Å²) in [5, 5.41) is 4.00. The van der Waals surface area contributed by atoms with Gasteiger partial charge in [-0.25, -0.2) is 4.79 Å². The molecule has 0 spiro atoms. The Morgan fingerprint density at radius 2 is 1.53 bits per heavy atom. The van der Waals surface area contributed by atoms with Gasteiger partial charge in [0.1, 0.15) is 5.57 Å². The second kappa shape index (κ2) is 5.62. The zero-order chi connectivity index (χ0) is 13.8. The topological polar surface area (TPSA) is 75.3 Å². The number of carbonyl (C=O) groups excluding carboxylic acids is 3. The number of imide groups is 2. The SMILES string of the molecule is O=C1NC(=O)C(=C/C=C/c2ccc(Br)cc2)C(=O)N1. The first kappa shape index (κ1) is 13.2. The van der Waals surface area contributed by atoms with Crippen LogP contribution in [0.4, 0.5) is 4.79 Å². The number of halogens is 1. The fourth-order valence-electron chi connectivity index (χ4n) is 1.46. The smallest absolute Gasteiger partial charge is 0.273 e. The maximum Gasteiger partial charge on any atom is 0.328 e. The second-order valence-electron chi connectivity index (χ2n) is 3.73. The monoisotopic (exact) mass is 320 g/mol. The normalized spacial score (nSPS) is 15.4. The van der Waals surface area contributed by atoms with Gasteiger partial charge < -0.3 is 0 Å². The highest BCUT2D eigenvalue weighted by Crippen LogP contribution is 2.11. The lowest BCUT2D eigenvalue weighted by molar-refractivity contribution is -0.124. The van der Waals surface area contributed by atoms with E-state index in [4.69, 9.17) is 0 Å². The Hall–Kier alpha value is -2.21. The van der Waals surface area contributed by atoms with Crippen LogP contribution in [0.3, 0.4) is 0 Å². The molecule has 1 aliphatic rings. The van der Waals surface area contributed by atoms with Crippen LogP contribution in [0.15, 0.2) is 46.5 Å². The summed E-state index contributed by atoms with van der Waals surface area (Å²) in [6.45, 7) is 0. The van der Waals surface area contributed by atoms with Gasteiger partial charge in [0.25, 0.3) is 11.8 Å². The molecule has 0 unspecified atom stereocenters. The van der Waals surface area contributed by atoms with E-state index in [1.807, 2.05) is 34.9 Å². The number of benzene rings is 1. The van der Waals surface area contributed by atoms with Gasteiger partial charge in [-0.2, -0.15) is 0 Å². The minimum atomic E-state index is -0.802. The van der Waals surface area contributed by atoms with E-state index in [1.54, 1.807) is 12.2 Å². The van der Waals surface area contributed by atoms with Crippen molar-refractivity contribution < 1.29 is 14.4 Å². The summed E-state index contributed by atoms with van der Waals surface area (Å²) in [4.78, 5) is 33.6. The van der Waals surface area contributed by atoms with Crippen molar-refractivity contribution in [3.8, 4) is 0 Å². The second-order valence-corrected chi connectivity index (χ2v) is 4.64. The molecule has 1 aromatic carbocycles. The predicted octanol–water partition coefficient (Wildman–Crippen LogP) is 1.75. The third-order valence-corrected chi connectivity index (χ3v) is 2.89. The maximum atomic E-state index is 11.4. The van der Waals surface area contributed by atoms with Crippen LogP contribution in [0, 0.1) is 0 Å². The summed E-state index contributed by atoms with van der Waals surface area (Å²) in [7, 11) is 0. The average Bonchev–Trinajstić information content (AvgIpc) is 2.34. The Labute approximate surface area is 117 Å². The molecule has 0 aliphatic carbocycles. The minimum Gasteiger partial charge on any atom is -0.273 e. The van der Waals surface area contributed by atoms with Gasteiger partial charge in [0.05, 0.1) is 0 Å². The van der Waals surface area contributed by atoms with Crippen molar-refractivity contribution in [1.82, 2.24) is 10.6 Å². The Balaban J connectivity index is 2.13. The predicted molar refractivity (Wildman–Crippen MR) is 72.9 cm³/mol. The number of urea groups is 1. The summed E-state index contributed by atoms with van der Waals surface area (Å²) in [5.41, 5.74) is 0.820. The summed E-state index contributed by atoms with van der Waals surface area (Å²) in [6, 6.07) is 6.72. The van der Waals surface area contributed by atoms with Gasteiger partial charge in [-0.3, -0.25) is 20.2 Å². The number of rotatable bonds is 2. The van der Waals surface area contributed by atoms with Crippen LogP contribution in [0.1, 0.15) is 5.56 Å². The number of nitrogens with one attached hydrogen (secondary N) is 2. The van der Waals surface area contributed by atoms with Crippen LogP contribution in [-0.2, 0) is 9.59 Å². The molecule has 0 bridgehead atoms. The van der Waals surface area contributed by atoms with Crippen LogP contribution in [-0.4, -0.2) is 17.8 Å². The van der Waals surface area contributed by atoms with Crippen molar-refractivity contribution in [1.29, 1.82) is 0 Å². The highest BCUT2D eigenvalue weighted by atomic mass is 79.9. The van der Waals surface area contributed by atoms with Gasteiger partial charge in [0.2, 0.25) is 0 Å². The Kier molecular flexibility index (Phi) is 3.91. The summed E-state index contributed by atoms with van der Waals surface area (Å²) < 4.78 is 0.965. The number of hydrogen-bond donors (Lipinski definition) is 2. The summed E-state index contributed by atoms with van der Waals surface area (Å²) >= 11 is 3.32. The van der Waals surface area contributed by atoms with Crippen LogP contribution in [0.2, 0.25) is 0 Å². The van der Waals surface area contributed by atoms with Crippen molar-refractivity contribution in [3.63, 3.8) is 0 Å². The number of barbiturate groups is 1. The molecule has 1 aliphatic heterocycles. The van der Waals surface area contributed by atoms with Gasteiger partial charge in [-0.05, 0) is 23.8 Å². The van der Waals surface area contributed by atoms with Crippen molar-refractivity contribution >= 4 is 39.9 Å². The fourth-order valence-corrected chi connectivity index (χ4v) is 1.72. The highest BCUT2D eigenvalue weighted by molar-refractivity contribution is 9.10. The van der Waals surface area contributed by atoms with Gasteiger partial charge in [-0.1, -0.05) is 40.2 Å². The molecule has 1 saturated heterocycles. The summed E-state index contributed by atoms with van der Waals surface area (Å²) in [6.07, 6.45) is 4.68. The third kappa shape index (κ3) is 3.38. The largest absolute Gasteiger partial charge is 0.328 e. The number of hydrogen-bond acceptors (Lipinski definition) is 3. The van der Waals surface area contributed by atoms with Crippen molar-refractivity contribution in [3.05, 3.63) is 52.0 Å². The van der Waals surface area contributed by atoms with E-state index < -0.39 is 17.8 Å². The minimum absolute atomic E-state index is 0.104. The van der Waals surface area contributed by atoms with Gasteiger partial charge in [0, 0.05) is 4.47 Å².